The van der Waals surface area contributed by atoms with Crippen LogP contribution in [0.25, 0.3) is 0 Å². The molecule has 18 heavy (non-hydrogen) atoms. The summed E-state index contributed by atoms with van der Waals surface area (Å²) in [4.78, 5) is 0. The van der Waals surface area contributed by atoms with Gasteiger partial charge in [-0.1, -0.05) is 24.3 Å². The molecule has 1 aromatic carbocycles. The number of benzene rings is 1. The highest BCUT2D eigenvalue weighted by Gasteiger charge is 2.51. The molecule has 1 atom stereocenters. The Hall–Kier alpha value is -0.835. The van der Waals surface area contributed by atoms with Crippen LogP contribution < -0.4 is 5.46 Å². The van der Waals surface area contributed by atoms with Gasteiger partial charge in [0.2, 0.25) is 0 Å². The molecule has 1 aliphatic rings. The third-order valence-corrected chi connectivity index (χ3v) is 3.92. The van der Waals surface area contributed by atoms with Crippen LogP contribution in [0.15, 0.2) is 24.3 Å². The van der Waals surface area contributed by atoms with E-state index in [0.29, 0.717) is 0 Å². The van der Waals surface area contributed by atoms with Crippen molar-refractivity contribution in [1.29, 1.82) is 0 Å². The lowest BCUT2D eigenvalue weighted by Crippen LogP contribution is -2.41. The van der Waals surface area contributed by atoms with E-state index in [9.17, 15) is 5.11 Å². The molecule has 0 radical (unpaired) electrons. The number of aliphatic hydroxyl groups is 1. The topological polar surface area (TPSA) is 38.7 Å². The maximum absolute atomic E-state index is 9.61. The second kappa shape index (κ2) is 4.37. The monoisotopic (exact) mass is 248 g/mol. The summed E-state index contributed by atoms with van der Waals surface area (Å²) in [6.07, 6.45) is -0.479. The Morgan fingerprint density at radius 3 is 2.17 bits per heavy atom. The largest absolute Gasteiger partial charge is 0.494 e. The van der Waals surface area contributed by atoms with E-state index in [-0.39, 0.29) is 18.3 Å². The Balaban J connectivity index is 2.27. The van der Waals surface area contributed by atoms with Crippen LogP contribution in [0.1, 0.15) is 46.3 Å². The summed E-state index contributed by atoms with van der Waals surface area (Å²) >= 11 is 0. The molecular weight excluding hydrogens is 227 g/mol. The first-order valence-electron chi connectivity index (χ1n) is 6.36. The molecule has 0 saturated carbocycles. The van der Waals surface area contributed by atoms with Crippen molar-refractivity contribution in [3.05, 3.63) is 29.8 Å². The Morgan fingerprint density at radius 1 is 1.11 bits per heavy atom. The minimum atomic E-state index is -0.479. The summed E-state index contributed by atoms with van der Waals surface area (Å²) in [7, 11) is -0.367. The summed E-state index contributed by atoms with van der Waals surface area (Å²) in [5, 5.41) is 9.61. The van der Waals surface area contributed by atoms with Gasteiger partial charge in [-0.05, 0) is 45.6 Å². The van der Waals surface area contributed by atoms with Gasteiger partial charge >= 0.3 is 7.12 Å². The first-order valence-corrected chi connectivity index (χ1v) is 6.36. The number of rotatable bonds is 2. The second-order valence-electron chi connectivity index (χ2n) is 5.93. The van der Waals surface area contributed by atoms with E-state index < -0.39 is 6.10 Å². The SMILES string of the molecule is CC(O)c1cccc(B2OC(C)(C)C(C)(C)O2)c1. The van der Waals surface area contributed by atoms with Crippen LogP contribution in [0.4, 0.5) is 0 Å². The van der Waals surface area contributed by atoms with Crippen molar-refractivity contribution >= 4 is 12.6 Å². The van der Waals surface area contributed by atoms with E-state index in [2.05, 4.69) is 0 Å². The molecule has 0 aliphatic carbocycles. The molecule has 1 saturated heterocycles. The molecule has 0 spiro atoms. The van der Waals surface area contributed by atoms with Gasteiger partial charge in [0, 0.05) is 0 Å². The third-order valence-electron chi connectivity index (χ3n) is 3.92. The molecule has 1 aromatic rings. The van der Waals surface area contributed by atoms with Crippen LogP contribution in [-0.4, -0.2) is 23.4 Å². The molecule has 1 fully saturated rings. The van der Waals surface area contributed by atoms with Crippen LogP contribution in [0.5, 0.6) is 0 Å². The van der Waals surface area contributed by atoms with Crippen molar-refractivity contribution in [2.24, 2.45) is 0 Å². The number of hydrogen-bond acceptors (Lipinski definition) is 3. The zero-order chi connectivity index (χ0) is 13.6. The Bertz CT molecular complexity index is 424. The van der Waals surface area contributed by atoms with Crippen LogP contribution >= 0.6 is 0 Å². The Morgan fingerprint density at radius 2 is 1.67 bits per heavy atom. The lowest BCUT2D eigenvalue weighted by Gasteiger charge is -2.32. The summed E-state index contributed by atoms with van der Waals surface area (Å²) in [5.41, 5.74) is 1.16. The van der Waals surface area contributed by atoms with E-state index in [1.807, 2.05) is 52.0 Å². The zero-order valence-electron chi connectivity index (χ0n) is 11.7. The Labute approximate surface area is 109 Å². The smallest absolute Gasteiger partial charge is 0.399 e. The minimum absolute atomic E-state index is 0.335. The molecule has 2 rings (SSSR count). The van der Waals surface area contributed by atoms with Gasteiger partial charge < -0.3 is 14.4 Å². The minimum Gasteiger partial charge on any atom is -0.399 e. The molecule has 1 aliphatic heterocycles. The van der Waals surface area contributed by atoms with Crippen LogP contribution in [0.3, 0.4) is 0 Å². The summed E-state index contributed by atoms with van der Waals surface area (Å²) < 4.78 is 12.0. The third kappa shape index (κ3) is 2.33. The fourth-order valence-electron chi connectivity index (χ4n) is 1.94. The first kappa shape index (κ1) is 13.6. The van der Waals surface area contributed by atoms with E-state index >= 15 is 0 Å². The van der Waals surface area contributed by atoms with Crippen LogP contribution in [0.2, 0.25) is 0 Å². The standard InChI is InChI=1S/C14H21BO3/c1-10(16)11-7-6-8-12(9-11)15-17-13(2,3)14(4,5)18-15/h6-10,16H,1-5H3. The molecule has 98 valence electrons. The highest BCUT2D eigenvalue weighted by atomic mass is 16.7. The number of aliphatic hydroxyl groups excluding tert-OH is 1. The van der Waals surface area contributed by atoms with Crippen molar-refractivity contribution in [1.82, 2.24) is 0 Å². The summed E-state index contributed by atoms with van der Waals surface area (Å²) in [6.45, 7) is 9.89. The fourth-order valence-corrected chi connectivity index (χ4v) is 1.94. The molecule has 0 bridgehead atoms. The average Bonchev–Trinajstić information content (AvgIpc) is 2.48. The van der Waals surface area contributed by atoms with E-state index in [1.165, 1.54) is 0 Å². The van der Waals surface area contributed by atoms with E-state index in [4.69, 9.17) is 9.31 Å². The van der Waals surface area contributed by atoms with Crippen molar-refractivity contribution in [3.63, 3.8) is 0 Å². The molecule has 0 aromatic heterocycles. The summed E-state index contributed by atoms with van der Waals surface area (Å²) in [5.74, 6) is 0. The number of hydrogen-bond donors (Lipinski definition) is 1. The first-order chi connectivity index (χ1) is 8.23. The molecule has 1 N–H and O–H groups in total. The van der Waals surface area contributed by atoms with Gasteiger partial charge in [0.1, 0.15) is 0 Å². The molecule has 4 heteroatoms. The molecular formula is C14H21BO3. The van der Waals surface area contributed by atoms with Gasteiger partial charge in [-0.2, -0.15) is 0 Å². The summed E-state index contributed by atoms with van der Waals surface area (Å²) in [6, 6.07) is 7.72. The van der Waals surface area contributed by atoms with Crippen molar-refractivity contribution in [2.45, 2.75) is 51.9 Å². The predicted octanol–water partition coefficient (Wildman–Crippen LogP) is 2.04. The quantitative estimate of drug-likeness (QED) is 0.814. The average molecular weight is 248 g/mol. The molecule has 1 heterocycles. The van der Waals surface area contributed by atoms with Gasteiger partial charge in [-0.3, -0.25) is 0 Å². The fraction of sp³-hybridized carbons (Fsp3) is 0.571. The Kier molecular flexibility index (Phi) is 3.30. The van der Waals surface area contributed by atoms with Gasteiger partial charge in [-0.15, -0.1) is 0 Å². The van der Waals surface area contributed by atoms with Crippen molar-refractivity contribution < 1.29 is 14.4 Å². The van der Waals surface area contributed by atoms with Crippen molar-refractivity contribution in [3.8, 4) is 0 Å². The van der Waals surface area contributed by atoms with Crippen LogP contribution in [0, 0.1) is 0 Å². The molecule has 3 nitrogen and oxygen atoms in total. The highest BCUT2D eigenvalue weighted by Crippen LogP contribution is 2.36. The second-order valence-corrected chi connectivity index (χ2v) is 5.93. The molecule has 1 unspecified atom stereocenters. The van der Waals surface area contributed by atoms with Crippen molar-refractivity contribution in [2.75, 3.05) is 0 Å². The predicted molar refractivity (Wildman–Crippen MR) is 72.8 cm³/mol. The van der Waals surface area contributed by atoms with Gasteiger partial charge in [0.25, 0.3) is 0 Å². The van der Waals surface area contributed by atoms with Gasteiger partial charge in [-0.25, -0.2) is 0 Å². The highest BCUT2D eigenvalue weighted by molar-refractivity contribution is 6.62. The van der Waals surface area contributed by atoms with Gasteiger partial charge in [0.15, 0.2) is 0 Å². The normalized spacial score (nSPS) is 23.1. The van der Waals surface area contributed by atoms with E-state index in [1.54, 1.807) is 6.92 Å². The lowest BCUT2D eigenvalue weighted by atomic mass is 9.78. The lowest BCUT2D eigenvalue weighted by molar-refractivity contribution is 0.00578. The maximum atomic E-state index is 9.61. The molecule has 0 amide bonds. The van der Waals surface area contributed by atoms with Crippen LogP contribution in [-0.2, 0) is 9.31 Å². The van der Waals surface area contributed by atoms with Gasteiger partial charge in [0.05, 0.1) is 17.3 Å². The zero-order valence-corrected chi connectivity index (χ0v) is 11.7. The maximum Gasteiger partial charge on any atom is 0.494 e. The van der Waals surface area contributed by atoms with E-state index in [0.717, 1.165) is 11.0 Å².